The van der Waals surface area contributed by atoms with Crippen molar-refractivity contribution >= 4 is 28.1 Å². The van der Waals surface area contributed by atoms with Crippen LogP contribution in [0.2, 0.25) is 0 Å². The van der Waals surface area contributed by atoms with Gasteiger partial charge in [0.05, 0.1) is 36.6 Å². The summed E-state index contributed by atoms with van der Waals surface area (Å²) < 4.78 is 10.4. The third kappa shape index (κ3) is 4.09. The second-order valence-electron chi connectivity index (χ2n) is 8.58. The summed E-state index contributed by atoms with van der Waals surface area (Å²) in [6.07, 6.45) is 1.71. The molecule has 2 heterocycles. The van der Waals surface area contributed by atoms with Gasteiger partial charge >= 0.3 is 5.97 Å². The van der Waals surface area contributed by atoms with Crippen LogP contribution in [0.3, 0.4) is 0 Å². The molecule has 1 saturated heterocycles. The molecule has 1 aliphatic heterocycles. The summed E-state index contributed by atoms with van der Waals surface area (Å²) in [7, 11) is 1.41. The Morgan fingerprint density at radius 2 is 2.00 bits per heavy atom. The Morgan fingerprint density at radius 1 is 1.24 bits per heavy atom. The fraction of sp³-hybridized carbons (Fsp3) is 0.478. The summed E-state index contributed by atoms with van der Waals surface area (Å²) in [5, 5.41) is 1.15. The predicted molar refractivity (Wildman–Crippen MR) is 115 cm³/mol. The van der Waals surface area contributed by atoms with Crippen LogP contribution in [-0.4, -0.2) is 45.2 Å². The van der Waals surface area contributed by atoms with Crippen molar-refractivity contribution in [3.63, 3.8) is 0 Å². The number of carbonyl (C=O) groups is 2. The smallest absolute Gasteiger partial charge is 0.309 e. The van der Waals surface area contributed by atoms with E-state index in [0.29, 0.717) is 19.6 Å². The van der Waals surface area contributed by atoms with E-state index in [2.05, 4.69) is 30.9 Å². The maximum absolute atomic E-state index is 12.9. The van der Waals surface area contributed by atoms with Gasteiger partial charge in [-0.25, -0.2) is 0 Å². The molecule has 29 heavy (non-hydrogen) atoms. The normalized spacial score (nSPS) is 18.4. The van der Waals surface area contributed by atoms with E-state index in [4.69, 9.17) is 9.47 Å². The molecule has 1 aliphatic carbocycles. The average Bonchev–Trinajstić information content (AvgIpc) is 3.07. The van der Waals surface area contributed by atoms with Gasteiger partial charge in [0.2, 0.25) is 0 Å². The molecule has 0 amide bonds. The molecule has 0 unspecified atom stereocenters. The molecule has 1 aromatic heterocycles. The highest BCUT2D eigenvalue weighted by molar-refractivity contribution is 7.19. The zero-order valence-corrected chi connectivity index (χ0v) is 18.1. The zero-order valence-electron chi connectivity index (χ0n) is 17.2. The van der Waals surface area contributed by atoms with Crippen molar-refractivity contribution in [3.05, 3.63) is 40.3 Å². The third-order valence-corrected chi connectivity index (χ3v) is 6.96. The van der Waals surface area contributed by atoms with Crippen LogP contribution in [-0.2, 0) is 27.1 Å². The highest BCUT2D eigenvalue weighted by atomic mass is 32.1. The number of nitrogens with zero attached hydrogens (tertiary/aromatic N) is 1. The molecule has 0 atom stereocenters. The van der Waals surface area contributed by atoms with Crippen LogP contribution < -0.4 is 4.90 Å². The average molecular weight is 414 g/mol. The van der Waals surface area contributed by atoms with Gasteiger partial charge in [-0.1, -0.05) is 38.1 Å². The van der Waals surface area contributed by atoms with Crippen molar-refractivity contribution in [1.29, 1.82) is 0 Å². The third-order valence-electron chi connectivity index (χ3n) is 5.63. The number of carbonyl (C=O) groups excluding carboxylic acids is 2. The summed E-state index contributed by atoms with van der Waals surface area (Å²) in [5.41, 5.74) is 4.25. The molecule has 1 fully saturated rings. The Hall–Kier alpha value is -2.18. The van der Waals surface area contributed by atoms with Crippen LogP contribution in [0.15, 0.2) is 24.3 Å². The van der Waals surface area contributed by atoms with Gasteiger partial charge in [-0.15, -0.1) is 11.3 Å². The number of anilines is 1. The second kappa shape index (κ2) is 7.92. The largest absolute Gasteiger partial charge is 0.469 e. The number of hydrogen-bond donors (Lipinski definition) is 0. The molecular formula is C23H27NO4S. The minimum Gasteiger partial charge on any atom is -0.469 e. The highest BCUT2D eigenvalue weighted by Gasteiger charge is 2.37. The quantitative estimate of drug-likeness (QED) is 0.706. The van der Waals surface area contributed by atoms with E-state index in [9.17, 15) is 9.59 Å². The summed E-state index contributed by atoms with van der Waals surface area (Å²) in [5.74, 6) is -0.00747. The van der Waals surface area contributed by atoms with E-state index < -0.39 is 0 Å². The molecule has 0 saturated carbocycles. The van der Waals surface area contributed by atoms with Gasteiger partial charge in [0.1, 0.15) is 0 Å². The van der Waals surface area contributed by atoms with Crippen LogP contribution in [0, 0.1) is 5.41 Å². The molecule has 0 N–H and O–H groups in total. The van der Waals surface area contributed by atoms with Crippen molar-refractivity contribution in [3.8, 4) is 11.1 Å². The molecule has 0 bridgehead atoms. The van der Waals surface area contributed by atoms with E-state index in [1.54, 1.807) is 11.3 Å². The molecule has 4 rings (SSSR count). The van der Waals surface area contributed by atoms with Crippen molar-refractivity contribution < 1.29 is 19.1 Å². The first-order valence-electron chi connectivity index (χ1n) is 10.1. The molecule has 154 valence electrons. The lowest BCUT2D eigenvalue weighted by atomic mass is 9.75. The maximum Gasteiger partial charge on any atom is 0.309 e. The Balaban J connectivity index is 1.84. The summed E-state index contributed by atoms with van der Waals surface area (Å²) >= 11 is 1.63. The Kier molecular flexibility index (Phi) is 5.49. The fourth-order valence-corrected chi connectivity index (χ4v) is 5.60. The number of Topliss-reactive ketones (excluding diaryl/α,β-unsaturated/α-hetero) is 1. The maximum atomic E-state index is 12.9. The van der Waals surface area contributed by atoms with Crippen LogP contribution in [0.5, 0.6) is 0 Å². The summed E-state index contributed by atoms with van der Waals surface area (Å²) in [6, 6.07) is 8.08. The second-order valence-corrected chi connectivity index (χ2v) is 9.58. The lowest BCUT2D eigenvalue weighted by Gasteiger charge is -2.30. The van der Waals surface area contributed by atoms with Crippen molar-refractivity contribution in [1.82, 2.24) is 0 Å². The monoisotopic (exact) mass is 413 g/mol. The number of ether oxygens (including phenoxy) is 2. The SMILES string of the molecule is COC(=O)Cc1cccc(-c2c(N3CCOCC3)sc3c2CC(C)(C)CC3=O)c1. The number of methoxy groups -OCH3 is 1. The molecule has 2 aliphatic rings. The molecule has 1 aromatic carbocycles. The number of rotatable bonds is 4. The van der Waals surface area contributed by atoms with E-state index in [1.807, 2.05) is 12.1 Å². The van der Waals surface area contributed by atoms with Crippen molar-refractivity contribution in [2.24, 2.45) is 5.41 Å². The minimum atomic E-state index is -0.251. The van der Waals surface area contributed by atoms with Crippen molar-refractivity contribution in [2.75, 3.05) is 38.3 Å². The Labute approximate surface area is 175 Å². The van der Waals surface area contributed by atoms with Gasteiger partial charge in [-0.05, 0) is 28.5 Å². The number of benzene rings is 1. The molecule has 0 spiro atoms. The number of ketones is 1. The van der Waals surface area contributed by atoms with Gasteiger partial charge in [0.25, 0.3) is 0 Å². The number of fused-ring (bicyclic) bond motifs is 1. The molecule has 6 heteroatoms. The first-order valence-corrected chi connectivity index (χ1v) is 10.9. The van der Waals surface area contributed by atoms with Gasteiger partial charge in [0.15, 0.2) is 5.78 Å². The van der Waals surface area contributed by atoms with Crippen LogP contribution in [0.25, 0.3) is 11.1 Å². The van der Waals surface area contributed by atoms with Gasteiger partial charge in [-0.2, -0.15) is 0 Å². The first kappa shape index (κ1) is 20.1. The standard InChI is InChI=1S/C23H27NO4S/c1-23(2)13-17-20(16-6-4-5-15(11-16)12-19(26)27-3)22(24-7-9-28-10-8-24)29-21(17)18(25)14-23/h4-6,11H,7-10,12-14H2,1-3H3. The number of thiophene rings is 1. The first-order chi connectivity index (χ1) is 13.9. The predicted octanol–water partition coefficient (Wildman–Crippen LogP) is 4.12. The van der Waals surface area contributed by atoms with E-state index in [1.165, 1.54) is 7.11 Å². The van der Waals surface area contributed by atoms with Gasteiger partial charge in [-0.3, -0.25) is 9.59 Å². The summed E-state index contributed by atoms with van der Waals surface area (Å²) in [6.45, 7) is 7.38. The topological polar surface area (TPSA) is 55.8 Å². The number of hydrogen-bond acceptors (Lipinski definition) is 6. The Bertz CT molecular complexity index is 940. The number of morpholine rings is 1. The minimum absolute atomic E-state index is 0.0498. The van der Waals surface area contributed by atoms with Gasteiger partial charge < -0.3 is 14.4 Å². The molecule has 5 nitrogen and oxygen atoms in total. The molecule has 0 radical (unpaired) electrons. The van der Waals surface area contributed by atoms with Crippen LogP contribution in [0.1, 0.15) is 41.1 Å². The van der Waals surface area contributed by atoms with E-state index in [-0.39, 0.29) is 23.6 Å². The lowest BCUT2D eigenvalue weighted by molar-refractivity contribution is -0.139. The molecule has 2 aromatic rings. The zero-order chi connectivity index (χ0) is 20.6. The lowest BCUT2D eigenvalue weighted by Crippen LogP contribution is -2.36. The summed E-state index contributed by atoms with van der Waals surface area (Å²) in [4.78, 5) is 27.9. The molecular weight excluding hydrogens is 386 g/mol. The Morgan fingerprint density at radius 3 is 2.72 bits per heavy atom. The van der Waals surface area contributed by atoms with Crippen LogP contribution >= 0.6 is 11.3 Å². The fourth-order valence-electron chi connectivity index (χ4n) is 4.26. The van der Waals surface area contributed by atoms with Crippen LogP contribution in [0.4, 0.5) is 5.00 Å². The van der Waals surface area contributed by atoms with Crippen molar-refractivity contribution in [2.45, 2.75) is 33.1 Å². The number of esters is 1. The van der Waals surface area contributed by atoms with E-state index >= 15 is 0 Å². The van der Waals surface area contributed by atoms with E-state index in [0.717, 1.165) is 51.6 Å². The van der Waals surface area contributed by atoms with Gasteiger partial charge in [0, 0.05) is 25.1 Å². The highest BCUT2D eigenvalue weighted by Crippen LogP contribution is 2.49.